The van der Waals surface area contributed by atoms with Gasteiger partial charge in [-0.15, -0.1) is 0 Å². The summed E-state index contributed by atoms with van der Waals surface area (Å²) in [6.45, 7) is 4.74. The maximum atomic E-state index is 13.0. The molecule has 0 saturated carbocycles. The van der Waals surface area contributed by atoms with Gasteiger partial charge in [-0.3, -0.25) is 9.59 Å². The Balaban J connectivity index is 1.88. The summed E-state index contributed by atoms with van der Waals surface area (Å²) in [5.74, 6) is 1.01. The number of hydrogen-bond donors (Lipinski definition) is 2. The Kier molecular flexibility index (Phi) is 8.52. The number of thioether (sulfide) groups is 1. The monoisotopic (exact) mass is 471 g/mol. The molecule has 0 atom stereocenters. The molecule has 0 aliphatic rings. The second-order valence-electron chi connectivity index (χ2n) is 6.47. The van der Waals surface area contributed by atoms with Crippen molar-refractivity contribution >= 4 is 39.9 Å². The fraction of sp³-hybridized carbons (Fsp3) is 0.261. The molecule has 0 aliphatic carbocycles. The first-order valence-corrected chi connectivity index (χ1v) is 12.0. The first-order valence-electron chi connectivity index (χ1n) is 10.2. The van der Waals surface area contributed by atoms with E-state index in [1.165, 1.54) is 23.1 Å². The van der Waals surface area contributed by atoms with Crippen LogP contribution < -0.4 is 20.1 Å². The molecule has 0 unspecified atom stereocenters. The molecular formula is C23H25N3O4S2. The fourth-order valence-corrected chi connectivity index (χ4v) is 4.74. The third-order valence-electron chi connectivity index (χ3n) is 4.29. The zero-order valence-electron chi connectivity index (χ0n) is 18.1. The van der Waals surface area contributed by atoms with Gasteiger partial charge in [-0.1, -0.05) is 53.4 Å². The smallest absolute Gasteiger partial charge is 0.256 e. The number of ether oxygens (including phenoxy) is 2. The van der Waals surface area contributed by atoms with Crippen LogP contribution in [0.25, 0.3) is 11.3 Å². The van der Waals surface area contributed by atoms with Crippen molar-refractivity contribution in [3.05, 3.63) is 54.1 Å². The Morgan fingerprint density at radius 3 is 2.44 bits per heavy atom. The standard InChI is InChI=1S/C23H25N3O4S2/c1-4-29-17-12-11-16(13-18(17)30-5-2)21(28)26-22-20(15-9-7-6-8-10-15)25-23(32-22)31-14-19(27)24-3/h6-13H,4-5,14H2,1-3H3,(H,24,27)(H,26,28). The van der Waals surface area contributed by atoms with Gasteiger partial charge in [0.2, 0.25) is 5.91 Å². The molecular weight excluding hydrogens is 446 g/mol. The van der Waals surface area contributed by atoms with E-state index in [-0.39, 0.29) is 17.6 Å². The van der Waals surface area contributed by atoms with Crippen molar-refractivity contribution in [2.75, 3.05) is 31.3 Å². The molecule has 9 heteroatoms. The van der Waals surface area contributed by atoms with Gasteiger partial charge in [-0.2, -0.15) is 0 Å². The third kappa shape index (κ3) is 6.02. The minimum absolute atomic E-state index is 0.0881. The van der Waals surface area contributed by atoms with E-state index in [4.69, 9.17) is 9.47 Å². The largest absolute Gasteiger partial charge is 0.490 e. The Labute approximate surface area is 195 Å². The number of aromatic nitrogens is 1. The number of carbonyl (C=O) groups is 2. The van der Waals surface area contributed by atoms with Crippen LogP contribution in [0.2, 0.25) is 0 Å². The van der Waals surface area contributed by atoms with Crippen LogP contribution >= 0.6 is 23.1 Å². The summed E-state index contributed by atoms with van der Waals surface area (Å²) in [4.78, 5) is 29.3. The van der Waals surface area contributed by atoms with E-state index in [1.54, 1.807) is 25.2 Å². The first-order chi connectivity index (χ1) is 15.5. The second kappa shape index (κ2) is 11.5. The van der Waals surface area contributed by atoms with Crippen molar-refractivity contribution in [1.82, 2.24) is 10.3 Å². The number of thiazole rings is 1. The highest BCUT2D eigenvalue weighted by atomic mass is 32.2. The number of rotatable bonds is 10. The summed E-state index contributed by atoms with van der Waals surface area (Å²) in [5, 5.41) is 6.19. The third-order valence-corrected chi connectivity index (χ3v) is 6.41. The topological polar surface area (TPSA) is 89.5 Å². The van der Waals surface area contributed by atoms with E-state index in [0.29, 0.717) is 45.3 Å². The van der Waals surface area contributed by atoms with Gasteiger partial charge in [0.15, 0.2) is 15.8 Å². The molecule has 2 aromatic carbocycles. The fourth-order valence-electron chi connectivity index (χ4n) is 2.81. The molecule has 2 N–H and O–H groups in total. The van der Waals surface area contributed by atoms with E-state index < -0.39 is 0 Å². The highest BCUT2D eigenvalue weighted by molar-refractivity contribution is 8.01. The van der Waals surface area contributed by atoms with E-state index in [2.05, 4.69) is 15.6 Å². The molecule has 2 amide bonds. The zero-order chi connectivity index (χ0) is 22.9. The zero-order valence-corrected chi connectivity index (χ0v) is 19.8. The molecule has 7 nitrogen and oxygen atoms in total. The molecule has 0 aliphatic heterocycles. The number of carbonyl (C=O) groups excluding carboxylic acids is 2. The van der Waals surface area contributed by atoms with Crippen LogP contribution in [-0.4, -0.2) is 42.8 Å². The summed E-state index contributed by atoms with van der Waals surface area (Å²) >= 11 is 2.67. The van der Waals surface area contributed by atoms with Gasteiger partial charge < -0.3 is 20.1 Å². The van der Waals surface area contributed by atoms with Gasteiger partial charge in [0, 0.05) is 18.2 Å². The Morgan fingerprint density at radius 1 is 1.03 bits per heavy atom. The number of benzene rings is 2. The van der Waals surface area contributed by atoms with Crippen LogP contribution in [0.3, 0.4) is 0 Å². The van der Waals surface area contributed by atoms with Gasteiger partial charge in [0.25, 0.3) is 5.91 Å². The van der Waals surface area contributed by atoms with Crippen LogP contribution in [0.15, 0.2) is 52.9 Å². The van der Waals surface area contributed by atoms with Crippen molar-refractivity contribution in [2.45, 2.75) is 18.2 Å². The second-order valence-corrected chi connectivity index (χ2v) is 8.69. The molecule has 0 radical (unpaired) electrons. The number of hydrogen-bond acceptors (Lipinski definition) is 7. The van der Waals surface area contributed by atoms with Crippen LogP contribution in [-0.2, 0) is 4.79 Å². The van der Waals surface area contributed by atoms with Crippen molar-refractivity contribution in [3.63, 3.8) is 0 Å². The minimum Gasteiger partial charge on any atom is -0.490 e. The lowest BCUT2D eigenvalue weighted by Crippen LogP contribution is -2.19. The molecule has 1 aromatic heterocycles. The number of anilines is 1. The van der Waals surface area contributed by atoms with E-state index in [9.17, 15) is 9.59 Å². The van der Waals surface area contributed by atoms with Gasteiger partial charge in [-0.05, 0) is 32.0 Å². The van der Waals surface area contributed by atoms with Crippen LogP contribution in [0.4, 0.5) is 5.00 Å². The molecule has 32 heavy (non-hydrogen) atoms. The molecule has 168 valence electrons. The number of nitrogens with one attached hydrogen (secondary N) is 2. The van der Waals surface area contributed by atoms with Gasteiger partial charge in [0.1, 0.15) is 10.7 Å². The van der Waals surface area contributed by atoms with Crippen molar-refractivity contribution in [3.8, 4) is 22.8 Å². The van der Waals surface area contributed by atoms with Gasteiger partial charge in [0.05, 0.1) is 19.0 Å². The summed E-state index contributed by atoms with van der Waals surface area (Å²) in [6.07, 6.45) is 0. The van der Waals surface area contributed by atoms with E-state index in [1.807, 2.05) is 44.2 Å². The average Bonchev–Trinajstić information content (AvgIpc) is 3.22. The van der Waals surface area contributed by atoms with Gasteiger partial charge >= 0.3 is 0 Å². The van der Waals surface area contributed by atoms with Crippen molar-refractivity contribution in [2.24, 2.45) is 0 Å². The molecule has 1 heterocycles. The molecule has 3 rings (SSSR count). The Hall–Kier alpha value is -3.04. The Bertz CT molecular complexity index is 1070. The summed E-state index contributed by atoms with van der Waals surface area (Å²) in [6, 6.07) is 14.7. The van der Waals surface area contributed by atoms with E-state index >= 15 is 0 Å². The molecule has 0 spiro atoms. The summed E-state index contributed by atoms with van der Waals surface area (Å²) in [5.41, 5.74) is 2.00. The van der Waals surface area contributed by atoms with Gasteiger partial charge in [-0.25, -0.2) is 4.98 Å². The number of amides is 2. The average molecular weight is 472 g/mol. The highest BCUT2D eigenvalue weighted by Crippen LogP contribution is 2.38. The van der Waals surface area contributed by atoms with Crippen molar-refractivity contribution in [1.29, 1.82) is 0 Å². The molecule has 0 fully saturated rings. The maximum Gasteiger partial charge on any atom is 0.256 e. The summed E-state index contributed by atoms with van der Waals surface area (Å²) < 4.78 is 11.9. The van der Waals surface area contributed by atoms with Crippen LogP contribution in [0.1, 0.15) is 24.2 Å². The SMILES string of the molecule is CCOc1ccc(C(=O)Nc2sc(SCC(=O)NC)nc2-c2ccccc2)cc1OCC. The van der Waals surface area contributed by atoms with Crippen LogP contribution in [0, 0.1) is 0 Å². The summed E-state index contributed by atoms with van der Waals surface area (Å²) in [7, 11) is 1.60. The lowest BCUT2D eigenvalue weighted by molar-refractivity contribution is -0.118. The van der Waals surface area contributed by atoms with E-state index in [0.717, 1.165) is 5.56 Å². The Morgan fingerprint density at radius 2 is 1.75 bits per heavy atom. The molecule has 3 aromatic rings. The molecule has 0 bridgehead atoms. The van der Waals surface area contributed by atoms with Crippen LogP contribution in [0.5, 0.6) is 11.5 Å². The lowest BCUT2D eigenvalue weighted by Gasteiger charge is -2.12. The van der Waals surface area contributed by atoms with Crippen molar-refractivity contribution < 1.29 is 19.1 Å². The quantitative estimate of drug-likeness (QED) is 0.417. The lowest BCUT2D eigenvalue weighted by atomic mass is 10.1. The highest BCUT2D eigenvalue weighted by Gasteiger charge is 2.18. The minimum atomic E-state index is -0.280. The first kappa shape index (κ1) is 23.6. The number of nitrogens with zero attached hydrogens (tertiary/aromatic N) is 1. The predicted molar refractivity (Wildman–Crippen MR) is 129 cm³/mol. The maximum absolute atomic E-state index is 13.0. The molecule has 0 saturated heterocycles. The normalized spacial score (nSPS) is 10.5. The predicted octanol–water partition coefficient (Wildman–Crippen LogP) is 4.70.